The predicted molar refractivity (Wildman–Crippen MR) is 96.2 cm³/mol. The zero-order valence-corrected chi connectivity index (χ0v) is 14.1. The molecule has 0 spiro atoms. The van der Waals surface area contributed by atoms with Crippen LogP contribution < -0.4 is 5.32 Å². The first-order chi connectivity index (χ1) is 11.6. The van der Waals surface area contributed by atoms with Crippen molar-refractivity contribution in [3.63, 3.8) is 0 Å². The molecule has 0 unspecified atom stereocenters. The number of hydrogen-bond acceptors (Lipinski definition) is 4. The van der Waals surface area contributed by atoms with Gasteiger partial charge >= 0.3 is 0 Å². The van der Waals surface area contributed by atoms with E-state index in [9.17, 15) is 9.18 Å². The van der Waals surface area contributed by atoms with Gasteiger partial charge in [0.05, 0.1) is 6.61 Å². The number of benzene rings is 1. The Labute approximate surface area is 144 Å². The van der Waals surface area contributed by atoms with Gasteiger partial charge in [0.2, 0.25) is 5.91 Å². The van der Waals surface area contributed by atoms with Crippen LogP contribution in [-0.2, 0) is 10.5 Å². The first kappa shape index (κ1) is 18.2. The van der Waals surface area contributed by atoms with Gasteiger partial charge < -0.3 is 10.4 Å². The molecular formula is C18H19FN2O2S. The number of carbonyl (C=O) groups is 1. The summed E-state index contributed by atoms with van der Waals surface area (Å²) in [7, 11) is 0. The summed E-state index contributed by atoms with van der Waals surface area (Å²) in [4.78, 5) is 16.2. The zero-order valence-electron chi connectivity index (χ0n) is 13.3. The fraction of sp³-hybridized carbons (Fsp3) is 0.222. The normalized spacial score (nSPS) is 11.4. The summed E-state index contributed by atoms with van der Waals surface area (Å²) in [6.07, 6.45) is 3.10. The van der Waals surface area contributed by atoms with Gasteiger partial charge in [-0.05, 0) is 47.9 Å². The highest BCUT2D eigenvalue weighted by atomic mass is 32.2. The summed E-state index contributed by atoms with van der Waals surface area (Å²) in [6.45, 7) is 1.94. The summed E-state index contributed by atoms with van der Waals surface area (Å²) in [6, 6.07) is 9.67. The Balaban J connectivity index is 1.99. The number of nitrogens with one attached hydrogen (secondary N) is 1. The number of pyridine rings is 1. The fourth-order valence-electron chi connectivity index (χ4n) is 2.04. The highest BCUT2D eigenvalue weighted by Gasteiger charge is 2.04. The standard InChI is InChI=1S/C18H19FN2O2S/c1-13(15-2-4-16(19)5-3-15)10-18(23)21-17-11-14(6-7-20-17)12-24-9-8-22/h2-7,10-11,22H,8-9,12H2,1H3,(H,20,21,23)/b13-10-. The van der Waals surface area contributed by atoms with Crippen LogP contribution in [0.1, 0.15) is 18.1 Å². The Morgan fingerprint density at radius 1 is 1.33 bits per heavy atom. The third-order valence-corrected chi connectivity index (χ3v) is 4.24. The summed E-state index contributed by atoms with van der Waals surface area (Å²) in [5.41, 5.74) is 2.55. The van der Waals surface area contributed by atoms with Crippen molar-refractivity contribution >= 4 is 29.1 Å². The first-order valence-corrected chi connectivity index (χ1v) is 8.62. The number of rotatable bonds is 7. The molecule has 6 heteroatoms. The number of carbonyl (C=O) groups excluding carboxylic acids is 1. The van der Waals surface area contributed by atoms with Gasteiger partial charge in [-0.2, -0.15) is 11.8 Å². The van der Waals surface area contributed by atoms with E-state index in [0.29, 0.717) is 11.6 Å². The second-order valence-corrected chi connectivity index (χ2v) is 6.25. The number of aliphatic hydroxyl groups is 1. The number of aromatic nitrogens is 1. The molecule has 0 aliphatic heterocycles. The molecule has 0 bridgehead atoms. The van der Waals surface area contributed by atoms with Gasteiger partial charge in [-0.15, -0.1) is 0 Å². The van der Waals surface area contributed by atoms with Crippen molar-refractivity contribution in [1.29, 1.82) is 0 Å². The second-order valence-electron chi connectivity index (χ2n) is 5.15. The Bertz CT molecular complexity index is 717. The van der Waals surface area contributed by atoms with E-state index in [0.717, 1.165) is 22.5 Å². The van der Waals surface area contributed by atoms with E-state index in [-0.39, 0.29) is 18.3 Å². The van der Waals surface area contributed by atoms with E-state index in [4.69, 9.17) is 5.11 Å². The monoisotopic (exact) mass is 346 g/mol. The minimum absolute atomic E-state index is 0.146. The second kappa shape index (κ2) is 9.20. The Morgan fingerprint density at radius 3 is 2.79 bits per heavy atom. The molecule has 24 heavy (non-hydrogen) atoms. The number of thioether (sulfide) groups is 1. The molecule has 1 amide bonds. The maximum absolute atomic E-state index is 12.9. The Hall–Kier alpha value is -2.18. The van der Waals surface area contributed by atoms with Gasteiger partial charge in [0.1, 0.15) is 11.6 Å². The van der Waals surface area contributed by atoms with E-state index in [2.05, 4.69) is 10.3 Å². The minimum atomic E-state index is -0.309. The highest BCUT2D eigenvalue weighted by molar-refractivity contribution is 7.98. The molecular weight excluding hydrogens is 327 g/mol. The summed E-state index contributed by atoms with van der Waals surface area (Å²) >= 11 is 1.61. The van der Waals surface area contributed by atoms with E-state index in [1.165, 1.54) is 18.2 Å². The Morgan fingerprint density at radius 2 is 2.08 bits per heavy atom. The van der Waals surface area contributed by atoms with Gasteiger partial charge in [-0.25, -0.2) is 9.37 Å². The van der Waals surface area contributed by atoms with E-state index >= 15 is 0 Å². The van der Waals surface area contributed by atoms with Crippen LogP contribution in [0.3, 0.4) is 0 Å². The van der Waals surface area contributed by atoms with E-state index < -0.39 is 0 Å². The first-order valence-electron chi connectivity index (χ1n) is 7.47. The molecule has 0 saturated heterocycles. The van der Waals surface area contributed by atoms with E-state index in [1.807, 2.05) is 12.1 Å². The summed E-state index contributed by atoms with van der Waals surface area (Å²) in [5.74, 6) is 1.30. The van der Waals surface area contributed by atoms with Crippen molar-refractivity contribution in [2.24, 2.45) is 0 Å². The number of anilines is 1. The molecule has 0 saturated carbocycles. The number of amides is 1. The lowest BCUT2D eigenvalue weighted by Crippen LogP contribution is -2.10. The molecule has 2 rings (SSSR count). The highest BCUT2D eigenvalue weighted by Crippen LogP contribution is 2.16. The minimum Gasteiger partial charge on any atom is -0.396 e. The number of aliphatic hydroxyl groups excluding tert-OH is 1. The van der Waals surface area contributed by atoms with Crippen LogP contribution in [0.25, 0.3) is 5.57 Å². The molecule has 2 N–H and O–H groups in total. The maximum atomic E-state index is 12.9. The topological polar surface area (TPSA) is 62.2 Å². The van der Waals surface area contributed by atoms with Crippen molar-refractivity contribution in [3.8, 4) is 0 Å². The molecule has 0 fully saturated rings. The molecule has 0 aliphatic carbocycles. The van der Waals surface area contributed by atoms with Gasteiger partial charge in [0, 0.05) is 23.8 Å². The van der Waals surface area contributed by atoms with Gasteiger partial charge in [0.25, 0.3) is 0 Å². The van der Waals surface area contributed by atoms with Crippen LogP contribution in [0.5, 0.6) is 0 Å². The predicted octanol–water partition coefficient (Wildman–Crippen LogP) is 3.49. The number of hydrogen-bond donors (Lipinski definition) is 2. The van der Waals surface area contributed by atoms with Gasteiger partial charge in [-0.1, -0.05) is 12.1 Å². The number of halogens is 1. The lowest BCUT2D eigenvalue weighted by Gasteiger charge is -2.06. The molecule has 0 atom stereocenters. The molecule has 1 heterocycles. The molecule has 1 aromatic carbocycles. The van der Waals surface area contributed by atoms with Crippen molar-refractivity contribution < 1.29 is 14.3 Å². The van der Waals surface area contributed by atoms with Crippen molar-refractivity contribution in [1.82, 2.24) is 4.98 Å². The molecule has 1 aromatic heterocycles. The quantitative estimate of drug-likeness (QED) is 0.595. The third-order valence-electron chi connectivity index (χ3n) is 3.23. The van der Waals surface area contributed by atoms with Gasteiger partial charge in [0.15, 0.2) is 0 Å². The number of nitrogens with zero attached hydrogens (tertiary/aromatic N) is 1. The van der Waals surface area contributed by atoms with Crippen molar-refractivity contribution in [3.05, 3.63) is 65.6 Å². The smallest absolute Gasteiger partial charge is 0.249 e. The van der Waals surface area contributed by atoms with Crippen LogP contribution in [0.2, 0.25) is 0 Å². The zero-order chi connectivity index (χ0) is 17.4. The summed E-state index contributed by atoms with van der Waals surface area (Å²) < 4.78 is 12.9. The molecule has 4 nitrogen and oxygen atoms in total. The average Bonchev–Trinajstić information content (AvgIpc) is 2.56. The molecule has 2 aromatic rings. The third kappa shape index (κ3) is 5.79. The van der Waals surface area contributed by atoms with Gasteiger partial charge in [-0.3, -0.25) is 4.79 Å². The van der Waals surface area contributed by atoms with Crippen LogP contribution in [0, 0.1) is 5.82 Å². The van der Waals surface area contributed by atoms with Crippen LogP contribution in [0.4, 0.5) is 10.2 Å². The van der Waals surface area contributed by atoms with E-state index in [1.54, 1.807) is 37.0 Å². The maximum Gasteiger partial charge on any atom is 0.249 e. The van der Waals surface area contributed by atoms with Crippen LogP contribution in [0.15, 0.2) is 48.7 Å². The Kier molecular flexibility index (Phi) is 6.96. The average molecular weight is 346 g/mol. The molecule has 0 radical (unpaired) electrons. The summed E-state index contributed by atoms with van der Waals surface area (Å²) in [5, 5.41) is 11.5. The lowest BCUT2D eigenvalue weighted by atomic mass is 10.1. The van der Waals surface area contributed by atoms with Crippen molar-refractivity contribution in [2.75, 3.05) is 17.7 Å². The van der Waals surface area contributed by atoms with Crippen LogP contribution >= 0.6 is 11.8 Å². The SMILES string of the molecule is C/C(=C/C(=O)Nc1cc(CSCCO)ccn1)c1ccc(F)cc1. The fourth-order valence-corrected chi connectivity index (χ4v) is 2.73. The lowest BCUT2D eigenvalue weighted by molar-refractivity contribution is -0.111. The number of allylic oxidation sites excluding steroid dienone is 1. The van der Waals surface area contributed by atoms with Crippen molar-refractivity contribution in [2.45, 2.75) is 12.7 Å². The molecule has 0 aliphatic rings. The molecule has 126 valence electrons. The largest absolute Gasteiger partial charge is 0.396 e. The van der Waals surface area contributed by atoms with Crippen LogP contribution in [-0.4, -0.2) is 28.4 Å².